The number of nitrogens with zero attached hydrogens (tertiary/aromatic N) is 7. The zero-order chi connectivity index (χ0) is 23.8. The molecule has 0 aliphatic carbocycles. The summed E-state index contributed by atoms with van der Waals surface area (Å²) in [7, 11) is 0. The van der Waals surface area contributed by atoms with Crippen molar-refractivity contribution < 1.29 is 4.79 Å². The van der Waals surface area contributed by atoms with E-state index in [4.69, 9.17) is 4.98 Å². The Hall–Kier alpha value is -3.72. The molecule has 8 nitrogen and oxygen atoms in total. The van der Waals surface area contributed by atoms with Gasteiger partial charge in [0.25, 0.3) is 0 Å². The Morgan fingerprint density at radius 1 is 1.09 bits per heavy atom. The van der Waals surface area contributed by atoms with Crippen LogP contribution in [-0.2, 0) is 6.42 Å². The van der Waals surface area contributed by atoms with E-state index in [1.54, 1.807) is 16.0 Å². The van der Waals surface area contributed by atoms with E-state index in [0.717, 1.165) is 21.8 Å². The van der Waals surface area contributed by atoms with Crippen LogP contribution in [0, 0.1) is 13.8 Å². The number of carbonyl (C=O) groups excluding carboxylic acids is 1. The maximum atomic E-state index is 13.3. The fraction of sp³-hybridized carbons (Fsp3) is 0.280. The summed E-state index contributed by atoms with van der Waals surface area (Å²) in [6, 6.07) is 10.0. The van der Waals surface area contributed by atoms with Crippen LogP contribution in [0.4, 0.5) is 0 Å². The second-order valence-electron chi connectivity index (χ2n) is 8.70. The first-order valence-corrected chi connectivity index (χ1v) is 12.0. The average Bonchev–Trinajstić information content (AvgIpc) is 3.57. The molecule has 0 aliphatic rings. The third-order valence-electron chi connectivity index (χ3n) is 5.75. The zero-order valence-corrected chi connectivity index (χ0v) is 20.4. The van der Waals surface area contributed by atoms with Gasteiger partial charge < -0.3 is 0 Å². The Morgan fingerprint density at radius 3 is 2.65 bits per heavy atom. The lowest BCUT2D eigenvalue weighted by molar-refractivity contribution is 0.0982. The number of ketones is 1. The number of aromatic nitrogens is 7. The normalized spacial score (nSPS) is 11.6. The summed E-state index contributed by atoms with van der Waals surface area (Å²) in [6.07, 6.45) is 6.56. The number of aryl methyl sites for hydroxylation is 3. The molecule has 0 bridgehead atoms. The van der Waals surface area contributed by atoms with E-state index < -0.39 is 0 Å². The quantitative estimate of drug-likeness (QED) is 0.311. The molecule has 0 amide bonds. The summed E-state index contributed by atoms with van der Waals surface area (Å²) in [5.41, 5.74) is 4.93. The molecule has 5 heterocycles. The van der Waals surface area contributed by atoms with Crippen molar-refractivity contribution in [2.24, 2.45) is 0 Å². The molecular weight excluding hydrogens is 446 g/mol. The summed E-state index contributed by atoms with van der Waals surface area (Å²) in [4.78, 5) is 24.7. The minimum atomic E-state index is 0.0462. The Morgan fingerprint density at radius 2 is 1.94 bits per heavy atom. The molecule has 5 aromatic heterocycles. The molecule has 5 aromatic rings. The van der Waals surface area contributed by atoms with Crippen molar-refractivity contribution >= 4 is 22.8 Å². The van der Waals surface area contributed by atoms with Crippen molar-refractivity contribution in [3.63, 3.8) is 0 Å². The number of rotatable bonds is 7. The molecular formula is C25H25N7OS. The fourth-order valence-corrected chi connectivity index (χ4v) is 4.78. The van der Waals surface area contributed by atoms with Crippen LogP contribution in [0.1, 0.15) is 58.5 Å². The van der Waals surface area contributed by atoms with Gasteiger partial charge in [0.15, 0.2) is 17.3 Å². The second kappa shape index (κ2) is 8.90. The molecule has 0 aromatic carbocycles. The SMILES string of the molecule is Cc1ccc(CCC(=O)c2cc(-n3nnnc3C(C)C)c3ncc(-c4ccc(C)s4)n3c2)cn1. The van der Waals surface area contributed by atoms with Crippen LogP contribution in [0.3, 0.4) is 0 Å². The molecule has 0 aliphatic heterocycles. The predicted octanol–water partition coefficient (Wildman–Crippen LogP) is 4.99. The summed E-state index contributed by atoms with van der Waals surface area (Å²) in [5, 5.41) is 12.3. The van der Waals surface area contributed by atoms with Gasteiger partial charge in [-0.1, -0.05) is 19.9 Å². The molecule has 0 saturated carbocycles. The third kappa shape index (κ3) is 4.14. The van der Waals surface area contributed by atoms with Gasteiger partial charge in [0.2, 0.25) is 0 Å². The number of pyridine rings is 2. The Bertz CT molecular complexity index is 1480. The molecule has 9 heteroatoms. The van der Waals surface area contributed by atoms with Crippen LogP contribution in [0.5, 0.6) is 0 Å². The Balaban J connectivity index is 1.60. The van der Waals surface area contributed by atoms with E-state index in [0.29, 0.717) is 35.6 Å². The maximum absolute atomic E-state index is 13.3. The Kier molecular flexibility index (Phi) is 5.79. The lowest BCUT2D eigenvalue weighted by Crippen LogP contribution is -2.10. The number of hydrogen-bond donors (Lipinski definition) is 0. The van der Waals surface area contributed by atoms with Gasteiger partial charge in [-0.25, -0.2) is 4.98 Å². The van der Waals surface area contributed by atoms with Crippen LogP contribution < -0.4 is 0 Å². The van der Waals surface area contributed by atoms with E-state index in [2.05, 4.69) is 39.6 Å². The van der Waals surface area contributed by atoms with Crippen molar-refractivity contribution in [3.05, 3.63) is 76.4 Å². The van der Waals surface area contributed by atoms with Crippen LogP contribution >= 0.6 is 11.3 Å². The first-order chi connectivity index (χ1) is 16.4. The molecule has 0 spiro atoms. The van der Waals surface area contributed by atoms with Crippen LogP contribution in [0.2, 0.25) is 0 Å². The Labute approximate surface area is 201 Å². The second-order valence-corrected chi connectivity index (χ2v) is 9.98. The molecule has 0 fully saturated rings. The lowest BCUT2D eigenvalue weighted by atomic mass is 10.0. The number of carbonyl (C=O) groups is 1. The van der Waals surface area contributed by atoms with E-state index >= 15 is 0 Å². The van der Waals surface area contributed by atoms with Gasteiger partial charge in [0.05, 0.1) is 16.8 Å². The molecule has 34 heavy (non-hydrogen) atoms. The molecule has 5 rings (SSSR count). The predicted molar refractivity (Wildman–Crippen MR) is 132 cm³/mol. The van der Waals surface area contributed by atoms with Crippen molar-refractivity contribution in [2.75, 3.05) is 0 Å². The van der Waals surface area contributed by atoms with Crippen molar-refractivity contribution in [2.45, 2.75) is 46.5 Å². The fourth-order valence-electron chi connectivity index (χ4n) is 3.91. The van der Waals surface area contributed by atoms with E-state index in [1.165, 1.54) is 4.88 Å². The number of fused-ring (bicyclic) bond motifs is 1. The van der Waals surface area contributed by atoms with Gasteiger partial charge in [-0.05, 0) is 60.5 Å². The molecule has 0 N–H and O–H groups in total. The number of hydrogen-bond acceptors (Lipinski definition) is 7. The zero-order valence-electron chi connectivity index (χ0n) is 19.6. The highest BCUT2D eigenvalue weighted by Crippen LogP contribution is 2.31. The molecule has 0 radical (unpaired) electrons. The minimum absolute atomic E-state index is 0.0462. The largest absolute Gasteiger partial charge is 0.296 e. The number of Topliss-reactive ketones (excluding diaryl/α,β-unsaturated/α-hetero) is 1. The van der Waals surface area contributed by atoms with Gasteiger partial charge >= 0.3 is 0 Å². The maximum Gasteiger partial charge on any atom is 0.164 e. The van der Waals surface area contributed by atoms with Gasteiger partial charge in [-0.2, -0.15) is 4.68 Å². The first kappa shape index (κ1) is 22.1. The molecule has 0 unspecified atom stereocenters. The number of thiophene rings is 1. The highest BCUT2D eigenvalue weighted by molar-refractivity contribution is 7.15. The third-order valence-corrected chi connectivity index (χ3v) is 6.78. The smallest absolute Gasteiger partial charge is 0.164 e. The van der Waals surface area contributed by atoms with Crippen LogP contribution in [-0.4, -0.2) is 40.4 Å². The molecule has 0 atom stereocenters. The minimum Gasteiger partial charge on any atom is -0.296 e. The van der Waals surface area contributed by atoms with Gasteiger partial charge in [-0.3, -0.25) is 14.2 Å². The standard InChI is InChI=1S/C25H25N7OS/c1-15(2)24-28-29-30-32(24)20-11-19(22(33)9-8-18-7-5-16(3)26-12-18)14-31-21(13-27-25(20)31)23-10-6-17(4)34-23/h5-7,10-15H,8-9H2,1-4H3. The van der Waals surface area contributed by atoms with Crippen molar-refractivity contribution in [1.29, 1.82) is 0 Å². The molecule has 172 valence electrons. The van der Waals surface area contributed by atoms with Gasteiger partial charge in [-0.15, -0.1) is 16.4 Å². The summed E-state index contributed by atoms with van der Waals surface area (Å²) in [6.45, 7) is 8.10. The van der Waals surface area contributed by atoms with Crippen molar-refractivity contribution in [3.8, 4) is 16.3 Å². The topological polar surface area (TPSA) is 90.9 Å². The monoisotopic (exact) mass is 471 g/mol. The summed E-state index contributed by atoms with van der Waals surface area (Å²) in [5.74, 6) is 0.872. The first-order valence-electron chi connectivity index (χ1n) is 11.2. The highest BCUT2D eigenvalue weighted by Gasteiger charge is 2.20. The number of tetrazole rings is 1. The number of imidazole rings is 1. The van der Waals surface area contributed by atoms with Gasteiger partial charge in [0, 0.05) is 40.9 Å². The van der Waals surface area contributed by atoms with E-state index in [-0.39, 0.29) is 11.7 Å². The average molecular weight is 472 g/mol. The molecule has 0 saturated heterocycles. The summed E-state index contributed by atoms with van der Waals surface area (Å²) >= 11 is 1.69. The van der Waals surface area contributed by atoms with Crippen molar-refractivity contribution in [1.82, 2.24) is 34.6 Å². The summed E-state index contributed by atoms with van der Waals surface area (Å²) < 4.78 is 3.67. The highest BCUT2D eigenvalue weighted by atomic mass is 32.1. The van der Waals surface area contributed by atoms with Crippen LogP contribution in [0.15, 0.2) is 48.9 Å². The van der Waals surface area contributed by atoms with E-state index in [9.17, 15) is 4.79 Å². The van der Waals surface area contributed by atoms with E-state index in [1.807, 2.05) is 62.0 Å². The van der Waals surface area contributed by atoms with Crippen LogP contribution in [0.25, 0.3) is 21.9 Å². The lowest BCUT2D eigenvalue weighted by Gasteiger charge is -2.11. The van der Waals surface area contributed by atoms with Gasteiger partial charge in [0.1, 0.15) is 5.69 Å².